The lowest BCUT2D eigenvalue weighted by Gasteiger charge is -2.34. The van der Waals surface area contributed by atoms with Crippen molar-refractivity contribution in [3.63, 3.8) is 0 Å². The molecular weight excluding hydrogens is 358 g/mol. The van der Waals surface area contributed by atoms with Crippen molar-refractivity contribution in [3.8, 4) is 5.69 Å². The van der Waals surface area contributed by atoms with Gasteiger partial charge in [0.05, 0.1) is 17.8 Å². The quantitative estimate of drug-likeness (QED) is 0.422. The van der Waals surface area contributed by atoms with Gasteiger partial charge in [0.15, 0.2) is 6.20 Å². The molecule has 1 saturated carbocycles. The van der Waals surface area contributed by atoms with E-state index in [2.05, 4.69) is 16.7 Å². The second kappa shape index (κ2) is 5.54. The third-order valence-corrected chi connectivity index (χ3v) is 6.24. The van der Waals surface area contributed by atoms with Crippen molar-refractivity contribution >= 4 is 0 Å². The predicted molar refractivity (Wildman–Crippen MR) is 101 cm³/mol. The smallest absolute Gasteiger partial charge is 0.352 e. The maximum Gasteiger partial charge on any atom is 0.352 e. The largest absolute Gasteiger partial charge is 0.618 e. The first-order valence-corrected chi connectivity index (χ1v) is 9.21. The van der Waals surface area contributed by atoms with Crippen molar-refractivity contribution in [2.45, 2.75) is 37.1 Å². The van der Waals surface area contributed by atoms with E-state index in [1.54, 1.807) is 24.3 Å². The number of fused-ring (bicyclic) bond motifs is 5. The molecule has 0 amide bonds. The van der Waals surface area contributed by atoms with Gasteiger partial charge in [-0.25, -0.2) is 28.9 Å². The Morgan fingerprint density at radius 1 is 1.29 bits per heavy atom. The average molecular weight is 377 g/mol. The van der Waals surface area contributed by atoms with Gasteiger partial charge in [0.1, 0.15) is 11.2 Å². The minimum absolute atomic E-state index is 0.189. The van der Waals surface area contributed by atoms with E-state index < -0.39 is 16.9 Å². The van der Waals surface area contributed by atoms with Gasteiger partial charge in [0.25, 0.3) is 0 Å². The summed E-state index contributed by atoms with van der Waals surface area (Å²) in [7, 11) is 0. The van der Waals surface area contributed by atoms with E-state index in [0.29, 0.717) is 17.1 Å². The fourth-order valence-electron chi connectivity index (χ4n) is 5.27. The van der Waals surface area contributed by atoms with Crippen LogP contribution in [0.4, 0.5) is 0 Å². The molecule has 2 bridgehead atoms. The Hall–Kier alpha value is -3.42. The maximum atomic E-state index is 13.4. The van der Waals surface area contributed by atoms with Crippen LogP contribution >= 0.6 is 0 Å². The van der Waals surface area contributed by atoms with Crippen molar-refractivity contribution in [2.24, 2.45) is 0 Å². The third-order valence-electron chi connectivity index (χ3n) is 6.24. The van der Waals surface area contributed by atoms with Crippen LogP contribution in [0.3, 0.4) is 0 Å². The highest BCUT2D eigenvalue weighted by Crippen LogP contribution is 2.63. The highest BCUT2D eigenvalue weighted by atomic mass is 16.5. The molecule has 1 N–H and O–H groups in total. The molecule has 0 saturated heterocycles. The van der Waals surface area contributed by atoms with Gasteiger partial charge < -0.3 is 5.21 Å². The number of nitrogens with one attached hydrogen (secondary N) is 1. The number of benzene rings is 1. The lowest BCUT2D eigenvalue weighted by molar-refractivity contribution is -0.616. The van der Waals surface area contributed by atoms with E-state index in [4.69, 9.17) is 0 Å². The molecule has 8 heteroatoms. The van der Waals surface area contributed by atoms with Gasteiger partial charge in [-0.2, -0.15) is 4.73 Å². The maximum absolute atomic E-state index is 13.4. The summed E-state index contributed by atoms with van der Waals surface area (Å²) in [4.78, 5) is 30.6. The Labute approximate surface area is 160 Å². The Morgan fingerprint density at radius 3 is 2.68 bits per heavy atom. The Morgan fingerprint density at radius 2 is 2.00 bits per heavy atom. The SMILES string of the molecule is C=C(C)[C@]1(n2[nH]c(=O)n(-c3ccccc3)c2=O)[C@@H]2CC[C@H]1c1c2ncc[n+]1[O-]. The third kappa shape index (κ3) is 1.84. The number of aromatic nitrogens is 5. The van der Waals surface area contributed by atoms with Gasteiger partial charge in [-0.05, 0) is 31.9 Å². The molecule has 2 aromatic heterocycles. The molecule has 1 aromatic carbocycles. The lowest BCUT2D eigenvalue weighted by Crippen LogP contribution is -2.46. The first-order valence-electron chi connectivity index (χ1n) is 9.21. The molecule has 0 radical (unpaired) electrons. The first kappa shape index (κ1) is 16.7. The molecule has 0 aliphatic heterocycles. The molecule has 0 unspecified atom stereocenters. The number of hydrogen-bond donors (Lipinski definition) is 1. The minimum Gasteiger partial charge on any atom is -0.618 e. The summed E-state index contributed by atoms with van der Waals surface area (Å²) in [6, 6.07) is 8.78. The van der Waals surface area contributed by atoms with E-state index >= 15 is 0 Å². The van der Waals surface area contributed by atoms with Crippen LogP contribution in [0.2, 0.25) is 0 Å². The fraction of sp³-hybridized carbons (Fsp3) is 0.300. The average Bonchev–Trinajstić information content (AvgIpc) is 3.30. The van der Waals surface area contributed by atoms with E-state index in [1.807, 2.05) is 13.0 Å². The first-order chi connectivity index (χ1) is 13.5. The lowest BCUT2D eigenvalue weighted by atomic mass is 9.80. The topological polar surface area (TPSA) is 99.6 Å². The summed E-state index contributed by atoms with van der Waals surface area (Å²) >= 11 is 0. The Balaban J connectivity index is 1.80. The van der Waals surface area contributed by atoms with Crippen LogP contribution in [0.25, 0.3) is 5.69 Å². The van der Waals surface area contributed by atoms with Crippen molar-refractivity contribution in [2.75, 3.05) is 0 Å². The molecular formula is C20H19N5O3. The van der Waals surface area contributed by atoms with Gasteiger partial charge in [-0.15, -0.1) is 0 Å². The van der Waals surface area contributed by atoms with Crippen LogP contribution in [-0.2, 0) is 5.54 Å². The summed E-state index contributed by atoms with van der Waals surface area (Å²) in [5.74, 6) is -0.456. The van der Waals surface area contributed by atoms with Crippen molar-refractivity contribution in [1.29, 1.82) is 0 Å². The molecule has 0 spiro atoms. The molecule has 5 rings (SSSR count). The fourth-order valence-corrected chi connectivity index (χ4v) is 5.27. The van der Waals surface area contributed by atoms with Crippen molar-refractivity contribution in [1.82, 2.24) is 19.3 Å². The second-order valence-corrected chi connectivity index (χ2v) is 7.52. The van der Waals surface area contributed by atoms with Crippen LogP contribution in [0, 0.1) is 5.21 Å². The molecule has 8 nitrogen and oxygen atoms in total. The molecule has 142 valence electrons. The monoisotopic (exact) mass is 377 g/mol. The van der Waals surface area contributed by atoms with Crippen LogP contribution in [0.5, 0.6) is 0 Å². The minimum atomic E-state index is -0.904. The van der Waals surface area contributed by atoms with E-state index in [9.17, 15) is 14.8 Å². The van der Waals surface area contributed by atoms with Crippen molar-refractivity contribution in [3.05, 3.63) is 92.4 Å². The van der Waals surface area contributed by atoms with E-state index in [-0.39, 0.29) is 11.8 Å². The summed E-state index contributed by atoms with van der Waals surface area (Å²) in [6.07, 6.45) is 4.36. The zero-order chi connectivity index (χ0) is 19.6. The highest BCUT2D eigenvalue weighted by molar-refractivity contribution is 5.43. The summed E-state index contributed by atoms with van der Waals surface area (Å²) in [6.45, 7) is 6.01. The zero-order valence-electron chi connectivity index (χ0n) is 15.3. The number of H-pyrrole nitrogens is 1. The summed E-state index contributed by atoms with van der Waals surface area (Å²) in [5.41, 5.74) is 0.584. The summed E-state index contributed by atoms with van der Waals surface area (Å²) in [5, 5.41) is 15.2. The predicted octanol–water partition coefficient (Wildman–Crippen LogP) is 1.30. The standard InChI is InChI=1S/C20H19N5O3/c1-12(2)20(14-8-9-15(20)17-16(14)21-10-11-23(17)28)25-19(27)24(18(26)22-25)13-6-4-3-5-7-13/h3-7,10-11,14-15H,1,8-9H2,2H3,(H,22,26)/t14-,15+,20+/m1/s1. The molecule has 3 atom stereocenters. The number of hydrogen-bond acceptors (Lipinski definition) is 4. The van der Waals surface area contributed by atoms with Crippen LogP contribution in [-0.4, -0.2) is 19.3 Å². The van der Waals surface area contributed by atoms with Gasteiger partial charge in [0.2, 0.25) is 5.69 Å². The molecule has 2 heterocycles. The normalized spacial score (nSPS) is 25.0. The molecule has 2 aliphatic rings. The van der Waals surface area contributed by atoms with Gasteiger partial charge in [-0.3, -0.25) is 0 Å². The van der Waals surface area contributed by atoms with E-state index in [1.165, 1.54) is 17.1 Å². The number of aromatic amines is 1. The summed E-state index contributed by atoms with van der Waals surface area (Å²) < 4.78 is 3.33. The number of nitrogens with zero attached hydrogens (tertiary/aromatic N) is 4. The van der Waals surface area contributed by atoms with E-state index in [0.717, 1.165) is 27.7 Å². The van der Waals surface area contributed by atoms with Crippen LogP contribution in [0.1, 0.15) is 43.0 Å². The van der Waals surface area contributed by atoms with Crippen LogP contribution in [0.15, 0.2) is 64.5 Å². The molecule has 3 aromatic rings. The van der Waals surface area contributed by atoms with Gasteiger partial charge >= 0.3 is 11.4 Å². The zero-order valence-corrected chi connectivity index (χ0v) is 15.3. The van der Waals surface area contributed by atoms with Gasteiger partial charge in [0, 0.05) is 5.92 Å². The number of rotatable bonds is 3. The number of para-hydroxylation sites is 1. The van der Waals surface area contributed by atoms with Crippen LogP contribution < -0.4 is 16.1 Å². The van der Waals surface area contributed by atoms with Crippen molar-refractivity contribution < 1.29 is 4.73 Å². The molecule has 1 fully saturated rings. The second-order valence-electron chi connectivity index (χ2n) is 7.52. The molecule has 2 aliphatic carbocycles. The Bertz CT molecular complexity index is 1220. The number of allylic oxidation sites excluding steroid dienone is 1. The molecule has 28 heavy (non-hydrogen) atoms. The highest BCUT2D eigenvalue weighted by Gasteiger charge is 2.65. The Kier molecular flexibility index (Phi) is 3.31. The van der Waals surface area contributed by atoms with Gasteiger partial charge in [-0.1, -0.05) is 30.4 Å².